The van der Waals surface area contributed by atoms with Crippen LogP contribution in [0.1, 0.15) is 31.9 Å². The lowest BCUT2D eigenvalue weighted by Gasteiger charge is -2.18. The molecule has 0 unspecified atom stereocenters. The minimum Gasteiger partial charge on any atom is -0.0709 e. The minimum absolute atomic E-state index is 0.188. The van der Waals surface area contributed by atoms with E-state index in [1.807, 2.05) is 12.1 Å². The van der Waals surface area contributed by atoms with E-state index in [1.165, 1.54) is 5.56 Å². The summed E-state index contributed by atoms with van der Waals surface area (Å²) in [4.78, 5) is 0. The molecule has 0 fully saturated rings. The molecule has 0 saturated heterocycles. The maximum atomic E-state index is 5.57. The predicted octanol–water partition coefficient (Wildman–Crippen LogP) is 4.76. The summed E-state index contributed by atoms with van der Waals surface area (Å²) in [6.07, 6.45) is 1.73. The van der Waals surface area contributed by atoms with Crippen molar-refractivity contribution in [2.75, 3.05) is 0 Å². The van der Waals surface area contributed by atoms with Crippen LogP contribution in [-0.4, -0.2) is 0 Å². The van der Waals surface area contributed by atoms with Crippen LogP contribution in [0.25, 0.3) is 6.08 Å². The Hall–Kier alpha value is -0.460. The van der Waals surface area contributed by atoms with Gasteiger partial charge in [-0.15, -0.1) is 0 Å². The van der Waals surface area contributed by atoms with Crippen LogP contribution in [0, 0.1) is 0 Å². The molecule has 0 nitrogen and oxygen atoms in total. The van der Waals surface area contributed by atoms with Crippen LogP contribution in [0.4, 0.5) is 0 Å². The molecule has 0 amide bonds. The molecule has 0 aromatic heterocycles. The number of hydrogen-bond acceptors (Lipinski definition) is 0. The fourth-order valence-electron chi connectivity index (χ4n) is 1.21. The molecule has 0 bridgehead atoms. The molecule has 0 aliphatic rings. The molecule has 14 heavy (non-hydrogen) atoms. The zero-order chi connectivity index (χ0) is 10.8. The van der Waals surface area contributed by atoms with Gasteiger partial charge in [-0.2, -0.15) is 0 Å². The summed E-state index contributed by atoms with van der Waals surface area (Å²) in [7, 11) is 0. The highest BCUT2D eigenvalue weighted by Gasteiger charge is 2.12. The molecule has 0 aliphatic carbocycles. The van der Waals surface area contributed by atoms with E-state index in [4.69, 9.17) is 23.2 Å². The summed E-state index contributed by atoms with van der Waals surface area (Å²) in [6.45, 7) is 6.56. The van der Waals surface area contributed by atoms with Crippen LogP contribution < -0.4 is 0 Å². The van der Waals surface area contributed by atoms with Crippen LogP contribution >= 0.6 is 23.2 Å². The first kappa shape index (κ1) is 11.6. The smallest absolute Gasteiger partial charge is 0.0709 e. The van der Waals surface area contributed by atoms with Crippen molar-refractivity contribution >= 4 is 29.3 Å². The van der Waals surface area contributed by atoms with Gasteiger partial charge in [-0.05, 0) is 22.6 Å². The normalized spacial score (nSPS) is 11.2. The van der Waals surface area contributed by atoms with Gasteiger partial charge in [0.05, 0.1) is 0 Å². The largest absolute Gasteiger partial charge is 0.107 e. The third-order valence-electron chi connectivity index (χ3n) is 2.05. The molecule has 0 aliphatic heterocycles. The Morgan fingerprint density at radius 3 is 1.93 bits per heavy atom. The van der Waals surface area contributed by atoms with Crippen molar-refractivity contribution in [2.24, 2.45) is 0 Å². The van der Waals surface area contributed by atoms with Gasteiger partial charge in [-0.25, -0.2) is 0 Å². The molecule has 1 rings (SSSR count). The van der Waals surface area contributed by atoms with Gasteiger partial charge in [0.2, 0.25) is 0 Å². The van der Waals surface area contributed by atoms with E-state index in [0.29, 0.717) is 0 Å². The second-order valence-electron chi connectivity index (χ2n) is 4.31. The van der Waals surface area contributed by atoms with E-state index < -0.39 is 0 Å². The Labute approximate surface area is 95.5 Å². The maximum absolute atomic E-state index is 5.57. The molecule has 0 radical (unpaired) electrons. The second kappa shape index (κ2) is 4.37. The second-order valence-corrected chi connectivity index (χ2v) is 5.31. The summed E-state index contributed by atoms with van der Waals surface area (Å²) in [5, 5.41) is 0. The molecular formula is C12H14Cl2. The third-order valence-corrected chi connectivity index (χ3v) is 2.27. The van der Waals surface area contributed by atoms with Gasteiger partial charge >= 0.3 is 0 Å². The Balaban J connectivity index is 2.95. The first-order valence-corrected chi connectivity index (χ1v) is 5.28. The predicted molar refractivity (Wildman–Crippen MR) is 64.8 cm³/mol. The Kier molecular flexibility index (Phi) is 3.63. The highest BCUT2D eigenvalue weighted by molar-refractivity contribution is 6.57. The number of benzene rings is 1. The molecule has 1 aromatic rings. The minimum atomic E-state index is 0.188. The molecule has 1 aromatic carbocycles. The van der Waals surface area contributed by atoms with Crippen LogP contribution in [0.3, 0.4) is 0 Å². The van der Waals surface area contributed by atoms with Gasteiger partial charge in [-0.3, -0.25) is 0 Å². The lowest BCUT2D eigenvalue weighted by molar-refractivity contribution is 0.590. The van der Waals surface area contributed by atoms with Crippen LogP contribution in [-0.2, 0) is 5.41 Å². The quantitative estimate of drug-likeness (QED) is 0.651. The van der Waals surface area contributed by atoms with Crippen molar-refractivity contribution in [1.82, 2.24) is 0 Å². The monoisotopic (exact) mass is 228 g/mol. The van der Waals surface area contributed by atoms with Gasteiger partial charge in [-0.1, -0.05) is 68.2 Å². The SMILES string of the molecule is CC(C)(C)c1ccc(C=C(Cl)Cl)cc1. The highest BCUT2D eigenvalue weighted by Crippen LogP contribution is 2.23. The van der Waals surface area contributed by atoms with Crippen LogP contribution in [0.5, 0.6) is 0 Å². The lowest BCUT2D eigenvalue weighted by atomic mass is 9.87. The number of halogens is 2. The van der Waals surface area contributed by atoms with Crippen molar-refractivity contribution in [3.63, 3.8) is 0 Å². The highest BCUT2D eigenvalue weighted by atomic mass is 35.5. The molecule has 2 heteroatoms. The number of rotatable bonds is 1. The average molecular weight is 229 g/mol. The first-order valence-electron chi connectivity index (χ1n) is 4.53. The zero-order valence-electron chi connectivity index (χ0n) is 8.64. The molecule has 0 spiro atoms. The molecule has 0 heterocycles. The topological polar surface area (TPSA) is 0 Å². The van der Waals surface area contributed by atoms with Crippen molar-refractivity contribution in [3.05, 3.63) is 39.9 Å². The van der Waals surface area contributed by atoms with E-state index in [2.05, 4.69) is 32.9 Å². The zero-order valence-corrected chi connectivity index (χ0v) is 10.2. The summed E-state index contributed by atoms with van der Waals surface area (Å²) < 4.78 is 0.286. The summed E-state index contributed by atoms with van der Waals surface area (Å²) >= 11 is 11.1. The van der Waals surface area contributed by atoms with Crippen molar-refractivity contribution in [3.8, 4) is 0 Å². The fraction of sp³-hybridized carbons (Fsp3) is 0.333. The van der Waals surface area contributed by atoms with E-state index in [0.717, 1.165) is 5.56 Å². The maximum Gasteiger partial charge on any atom is 0.107 e. The van der Waals surface area contributed by atoms with Crippen LogP contribution in [0.2, 0.25) is 0 Å². The van der Waals surface area contributed by atoms with Gasteiger partial charge in [0.1, 0.15) is 4.49 Å². The number of hydrogen-bond donors (Lipinski definition) is 0. The van der Waals surface area contributed by atoms with E-state index in [-0.39, 0.29) is 9.91 Å². The average Bonchev–Trinajstić information content (AvgIpc) is 2.02. The lowest BCUT2D eigenvalue weighted by Crippen LogP contribution is -2.10. The van der Waals surface area contributed by atoms with Gasteiger partial charge in [0.25, 0.3) is 0 Å². The first-order chi connectivity index (χ1) is 6.39. The van der Waals surface area contributed by atoms with Crippen molar-refractivity contribution in [2.45, 2.75) is 26.2 Å². The van der Waals surface area contributed by atoms with Gasteiger partial charge in [0.15, 0.2) is 0 Å². The fourth-order valence-corrected chi connectivity index (χ4v) is 1.46. The van der Waals surface area contributed by atoms with Crippen molar-refractivity contribution < 1.29 is 0 Å². The Morgan fingerprint density at radius 1 is 1.07 bits per heavy atom. The molecule has 76 valence electrons. The molecule has 0 atom stereocenters. The summed E-state index contributed by atoms with van der Waals surface area (Å²) in [5.41, 5.74) is 2.52. The standard InChI is InChI=1S/C12H14Cl2/c1-12(2,3)10-6-4-9(5-7-10)8-11(13)14/h4-8H,1-3H3. The summed E-state index contributed by atoms with van der Waals surface area (Å²) in [6, 6.07) is 8.24. The molecule has 0 N–H and O–H groups in total. The Morgan fingerprint density at radius 2 is 1.57 bits per heavy atom. The van der Waals surface area contributed by atoms with E-state index >= 15 is 0 Å². The van der Waals surface area contributed by atoms with E-state index in [1.54, 1.807) is 6.08 Å². The van der Waals surface area contributed by atoms with Gasteiger partial charge < -0.3 is 0 Å². The molecule has 0 saturated carbocycles. The van der Waals surface area contributed by atoms with E-state index in [9.17, 15) is 0 Å². The summed E-state index contributed by atoms with van der Waals surface area (Å²) in [5.74, 6) is 0. The molecular weight excluding hydrogens is 215 g/mol. The van der Waals surface area contributed by atoms with Crippen molar-refractivity contribution in [1.29, 1.82) is 0 Å². The Bertz CT molecular complexity index is 324. The van der Waals surface area contributed by atoms with Crippen LogP contribution in [0.15, 0.2) is 28.8 Å². The third kappa shape index (κ3) is 3.36. The van der Waals surface area contributed by atoms with Gasteiger partial charge in [0, 0.05) is 0 Å².